The monoisotopic (exact) mass is 391 g/mol. The van der Waals surface area contributed by atoms with Gasteiger partial charge in [0.05, 0.1) is 0 Å². The molecule has 5 N–H and O–H groups in total. The van der Waals surface area contributed by atoms with Gasteiger partial charge in [0.15, 0.2) is 6.23 Å². The Kier molecular flexibility index (Phi) is 5.75. The van der Waals surface area contributed by atoms with E-state index in [2.05, 4.69) is 4.98 Å². The largest absolute Gasteiger partial charge is 0.460 e. The molecule has 0 saturated carbocycles. The number of aliphatic hydroxyl groups is 2. The van der Waals surface area contributed by atoms with E-state index < -0.39 is 47.8 Å². The lowest BCUT2D eigenvalue weighted by Crippen LogP contribution is -2.49. The minimum Gasteiger partial charge on any atom is -0.460 e. The molecule has 0 bridgehead atoms. The molecule has 0 amide bonds. The van der Waals surface area contributed by atoms with Crippen LogP contribution in [0.5, 0.6) is 0 Å². The molecular weight excluding hydrogens is 370 g/mol. The summed E-state index contributed by atoms with van der Waals surface area (Å²) in [4.78, 5) is 37.8. The summed E-state index contributed by atoms with van der Waals surface area (Å²) in [5.74, 6) is -0.828. The van der Waals surface area contributed by atoms with Crippen molar-refractivity contribution in [2.45, 2.75) is 44.1 Å². The van der Waals surface area contributed by atoms with Crippen LogP contribution in [0.15, 0.2) is 46.1 Å². The van der Waals surface area contributed by atoms with Crippen LogP contribution in [0.3, 0.4) is 0 Å². The molecule has 1 aliphatic rings. The van der Waals surface area contributed by atoms with Gasteiger partial charge in [-0.3, -0.25) is 19.1 Å². The smallest absolute Gasteiger partial charge is 0.330 e. The van der Waals surface area contributed by atoms with Crippen LogP contribution in [0, 0.1) is 6.92 Å². The predicted molar refractivity (Wildman–Crippen MR) is 96.2 cm³/mol. The van der Waals surface area contributed by atoms with Crippen molar-refractivity contribution in [2.24, 2.45) is 5.73 Å². The fourth-order valence-electron chi connectivity index (χ4n) is 2.95. The van der Waals surface area contributed by atoms with Crippen molar-refractivity contribution in [1.82, 2.24) is 9.55 Å². The van der Waals surface area contributed by atoms with Gasteiger partial charge in [0.2, 0.25) is 0 Å². The number of carbonyl (C=O) groups excluding carboxylic acids is 1. The van der Waals surface area contributed by atoms with Crippen LogP contribution < -0.4 is 17.0 Å². The molecule has 1 fully saturated rings. The third-order valence-corrected chi connectivity index (χ3v) is 4.55. The standard InChI is InChI=1S/C18H21N3O7/c1-9-7-21(18(26)20-15(9)24)16-13(23)12(22)14(28-16)11(19)17(25)27-8-10-5-3-2-4-6-10/h2-7,11-14,16,22-23H,8,19H2,1H3,(H,20,24,26)/t11-,12-,13+,14+,16+/m0/s1. The van der Waals surface area contributed by atoms with Gasteiger partial charge in [-0.25, -0.2) is 4.79 Å². The van der Waals surface area contributed by atoms with Gasteiger partial charge in [-0.1, -0.05) is 30.3 Å². The first-order valence-electron chi connectivity index (χ1n) is 8.59. The number of aromatic nitrogens is 2. The summed E-state index contributed by atoms with van der Waals surface area (Å²) in [5, 5.41) is 20.5. The molecule has 1 aromatic heterocycles. The van der Waals surface area contributed by atoms with Crippen molar-refractivity contribution in [3.63, 3.8) is 0 Å². The second-order valence-corrected chi connectivity index (χ2v) is 6.57. The minimum absolute atomic E-state index is 0.0131. The van der Waals surface area contributed by atoms with Gasteiger partial charge in [0, 0.05) is 11.8 Å². The maximum atomic E-state index is 12.2. The van der Waals surface area contributed by atoms with Crippen LogP contribution in [-0.2, 0) is 20.9 Å². The molecule has 10 heteroatoms. The first kappa shape index (κ1) is 20.0. The van der Waals surface area contributed by atoms with Crippen molar-refractivity contribution in [1.29, 1.82) is 0 Å². The van der Waals surface area contributed by atoms with Gasteiger partial charge in [-0.15, -0.1) is 0 Å². The van der Waals surface area contributed by atoms with E-state index in [1.54, 1.807) is 24.3 Å². The second kappa shape index (κ2) is 8.07. The number of aryl methyl sites for hydroxylation is 1. The van der Waals surface area contributed by atoms with Crippen LogP contribution in [0.4, 0.5) is 0 Å². The molecule has 10 nitrogen and oxygen atoms in total. The van der Waals surface area contributed by atoms with Crippen molar-refractivity contribution in [2.75, 3.05) is 0 Å². The lowest BCUT2D eigenvalue weighted by Gasteiger charge is -2.20. The van der Waals surface area contributed by atoms with Gasteiger partial charge < -0.3 is 25.4 Å². The van der Waals surface area contributed by atoms with E-state index in [-0.39, 0.29) is 12.2 Å². The number of aromatic amines is 1. The number of ether oxygens (including phenoxy) is 2. The Bertz CT molecular complexity index is 956. The Morgan fingerprint density at radius 2 is 1.96 bits per heavy atom. The number of benzene rings is 1. The van der Waals surface area contributed by atoms with E-state index in [9.17, 15) is 24.6 Å². The number of nitrogens with one attached hydrogen (secondary N) is 1. The van der Waals surface area contributed by atoms with Gasteiger partial charge in [-0.2, -0.15) is 0 Å². The quantitative estimate of drug-likeness (QED) is 0.450. The summed E-state index contributed by atoms with van der Waals surface area (Å²) in [7, 11) is 0. The molecule has 3 rings (SSSR count). The Morgan fingerprint density at radius 3 is 2.64 bits per heavy atom. The number of rotatable bonds is 5. The highest BCUT2D eigenvalue weighted by Gasteiger charge is 2.48. The van der Waals surface area contributed by atoms with Gasteiger partial charge in [-0.05, 0) is 12.5 Å². The van der Waals surface area contributed by atoms with Crippen molar-refractivity contribution in [3.8, 4) is 0 Å². The molecule has 0 unspecified atom stereocenters. The summed E-state index contributed by atoms with van der Waals surface area (Å²) in [6.07, 6.45) is -4.51. The fourth-order valence-corrected chi connectivity index (χ4v) is 2.95. The zero-order valence-electron chi connectivity index (χ0n) is 15.0. The highest BCUT2D eigenvalue weighted by Crippen LogP contribution is 2.30. The van der Waals surface area contributed by atoms with Crippen molar-refractivity contribution >= 4 is 5.97 Å². The number of hydrogen-bond donors (Lipinski definition) is 4. The van der Waals surface area contributed by atoms with Crippen molar-refractivity contribution in [3.05, 3.63) is 68.5 Å². The molecule has 1 saturated heterocycles. The maximum absolute atomic E-state index is 12.2. The summed E-state index contributed by atoms with van der Waals surface area (Å²) in [6.45, 7) is 1.46. The first-order chi connectivity index (χ1) is 13.3. The van der Waals surface area contributed by atoms with E-state index >= 15 is 0 Å². The van der Waals surface area contributed by atoms with Crippen LogP contribution in [0.1, 0.15) is 17.4 Å². The average Bonchev–Trinajstić information content (AvgIpc) is 2.98. The van der Waals surface area contributed by atoms with Crippen LogP contribution >= 0.6 is 0 Å². The summed E-state index contributed by atoms with van der Waals surface area (Å²) >= 11 is 0. The maximum Gasteiger partial charge on any atom is 0.330 e. The molecule has 150 valence electrons. The number of carbonyl (C=O) groups is 1. The molecule has 1 aliphatic heterocycles. The van der Waals surface area contributed by atoms with Gasteiger partial charge >= 0.3 is 11.7 Å². The Balaban J connectivity index is 1.73. The molecule has 2 heterocycles. The number of esters is 1. The SMILES string of the molecule is Cc1cn([C@@H]2O[C@H]([C@H](N)C(=O)OCc3ccccc3)[C@@H](O)[C@H]2O)c(=O)[nH]c1=O. The lowest BCUT2D eigenvalue weighted by molar-refractivity contribution is -0.152. The van der Waals surface area contributed by atoms with E-state index in [1.807, 2.05) is 6.07 Å². The zero-order valence-corrected chi connectivity index (χ0v) is 15.0. The molecular formula is C18H21N3O7. The molecule has 0 aliphatic carbocycles. The Hall–Kier alpha value is -2.79. The molecule has 5 atom stereocenters. The summed E-state index contributed by atoms with van der Waals surface area (Å²) < 4.78 is 11.6. The third-order valence-electron chi connectivity index (χ3n) is 4.55. The molecule has 2 aromatic rings. The highest BCUT2D eigenvalue weighted by molar-refractivity contribution is 5.76. The summed E-state index contributed by atoms with van der Waals surface area (Å²) in [6, 6.07) is 7.55. The molecule has 28 heavy (non-hydrogen) atoms. The Morgan fingerprint density at radius 1 is 1.29 bits per heavy atom. The fraction of sp³-hybridized carbons (Fsp3) is 0.389. The number of nitrogens with zero attached hydrogens (tertiary/aromatic N) is 1. The topological polar surface area (TPSA) is 157 Å². The van der Waals surface area contributed by atoms with Crippen LogP contribution in [0.25, 0.3) is 0 Å². The molecule has 0 radical (unpaired) electrons. The van der Waals surface area contributed by atoms with E-state index in [1.165, 1.54) is 13.1 Å². The van der Waals surface area contributed by atoms with E-state index in [0.717, 1.165) is 10.1 Å². The first-order valence-corrected chi connectivity index (χ1v) is 8.59. The lowest BCUT2D eigenvalue weighted by atomic mass is 10.0. The van der Waals surface area contributed by atoms with Crippen LogP contribution in [0.2, 0.25) is 0 Å². The third kappa shape index (κ3) is 3.90. The average molecular weight is 391 g/mol. The summed E-state index contributed by atoms with van der Waals surface area (Å²) in [5.41, 5.74) is 5.41. The second-order valence-electron chi connectivity index (χ2n) is 6.57. The number of hydrogen-bond acceptors (Lipinski definition) is 8. The van der Waals surface area contributed by atoms with Crippen LogP contribution in [-0.4, -0.2) is 50.1 Å². The van der Waals surface area contributed by atoms with E-state index in [4.69, 9.17) is 15.2 Å². The van der Waals surface area contributed by atoms with Gasteiger partial charge in [0.1, 0.15) is 31.0 Å². The zero-order chi connectivity index (χ0) is 20.4. The number of aliphatic hydroxyl groups excluding tert-OH is 2. The molecule has 1 aromatic carbocycles. The van der Waals surface area contributed by atoms with E-state index in [0.29, 0.717) is 0 Å². The number of H-pyrrole nitrogens is 1. The minimum atomic E-state index is -1.54. The molecule has 0 spiro atoms. The normalized spacial score (nSPS) is 25.4. The Labute approximate surface area is 159 Å². The highest BCUT2D eigenvalue weighted by atomic mass is 16.6. The number of nitrogens with two attached hydrogens (primary N) is 1. The van der Waals surface area contributed by atoms with Gasteiger partial charge in [0.25, 0.3) is 5.56 Å². The predicted octanol–water partition coefficient (Wildman–Crippen LogP) is -1.47. The van der Waals surface area contributed by atoms with Crippen molar-refractivity contribution < 1.29 is 24.5 Å².